The van der Waals surface area contributed by atoms with E-state index in [0.29, 0.717) is 0 Å². The zero-order valence-corrected chi connectivity index (χ0v) is 23.7. The van der Waals surface area contributed by atoms with Crippen LogP contribution in [0.1, 0.15) is 53.4 Å². The first kappa shape index (κ1) is 38.9. The van der Waals surface area contributed by atoms with Crippen molar-refractivity contribution in [3.05, 3.63) is 0 Å². The summed E-state index contributed by atoms with van der Waals surface area (Å²) in [6.07, 6.45) is -39.7. The van der Waals surface area contributed by atoms with Crippen molar-refractivity contribution >= 4 is 23.9 Å². The molecule has 0 rings (SSSR count). The van der Waals surface area contributed by atoms with E-state index in [1.807, 2.05) is 0 Å². The summed E-state index contributed by atoms with van der Waals surface area (Å²) in [5, 5.41) is 39.5. The fourth-order valence-electron chi connectivity index (χ4n) is 6.63. The van der Waals surface area contributed by atoms with Gasteiger partial charge in [-0.3, -0.25) is 0 Å². The number of aliphatic carboxylic acids is 4. The Kier molecular flexibility index (Phi) is 10.6. The van der Waals surface area contributed by atoms with Crippen molar-refractivity contribution in [2.75, 3.05) is 0 Å². The van der Waals surface area contributed by atoms with Gasteiger partial charge in [0.05, 0.1) is 0 Å². The molecule has 21 heteroatoms. The van der Waals surface area contributed by atoms with Crippen molar-refractivity contribution in [2.45, 2.75) is 90.6 Å². The van der Waals surface area contributed by atoms with Gasteiger partial charge in [-0.2, -0.15) is 0 Å². The molecule has 0 bridgehead atoms. The van der Waals surface area contributed by atoms with Gasteiger partial charge in [0.1, 0.15) is 0 Å². The van der Waals surface area contributed by atoms with E-state index in [2.05, 4.69) is 0 Å². The van der Waals surface area contributed by atoms with Crippen LogP contribution in [-0.4, -0.2) is 69.0 Å². The molecule has 0 heterocycles. The molecule has 240 valence electrons. The molecule has 4 atom stereocenters. The molecule has 41 heavy (non-hydrogen) atoms. The number of carbonyl (C=O) groups is 4. The molecule has 4 N–H and O–H groups in total. The van der Waals surface area contributed by atoms with Crippen LogP contribution in [-0.2, 0) is 39.4 Å². The molecule has 0 amide bonds. The Morgan fingerprint density at radius 3 is 0.585 bits per heavy atom. The van der Waals surface area contributed by atoms with E-state index < -0.39 is 107 Å². The number of carboxylic acids is 4. The molecule has 0 aromatic heterocycles. The monoisotopic (exact) mass is 710 g/mol. The van der Waals surface area contributed by atoms with E-state index in [9.17, 15) is 39.6 Å². The van der Waals surface area contributed by atoms with Crippen LogP contribution in [0.4, 0.5) is 52.7 Å². The molecule has 0 spiro atoms. The van der Waals surface area contributed by atoms with Crippen LogP contribution in [0.25, 0.3) is 0 Å². The summed E-state index contributed by atoms with van der Waals surface area (Å²) in [5.74, 6) is -15.7. The quantitative estimate of drug-likeness (QED) is 0.158. The minimum atomic E-state index is -11.0. The second-order valence-electron chi connectivity index (χ2n) is 9.00. The van der Waals surface area contributed by atoms with Gasteiger partial charge in [-0.15, -0.1) is 0 Å². The van der Waals surface area contributed by atoms with Gasteiger partial charge in [-0.05, 0) is 0 Å². The molecule has 0 saturated carbocycles. The van der Waals surface area contributed by atoms with Gasteiger partial charge in [0.2, 0.25) is 0 Å². The first-order chi connectivity index (χ1) is 18.0. The summed E-state index contributed by atoms with van der Waals surface area (Å²) < 4.78 is 156. The third-order valence-corrected chi connectivity index (χ3v) is 29.0. The molecule has 0 radical (unpaired) electrons. The normalized spacial score (nSPS) is 20.9. The van der Waals surface area contributed by atoms with Crippen LogP contribution in [0, 0.1) is 0 Å². The topological polar surface area (TPSA) is 149 Å². The average Bonchev–Trinajstić information content (AvgIpc) is 2.71. The molecule has 0 aliphatic rings. The van der Waals surface area contributed by atoms with Crippen LogP contribution in [0.2, 0.25) is 12.5 Å². The van der Waals surface area contributed by atoms with Crippen molar-refractivity contribution in [1.82, 2.24) is 0 Å². The van der Waals surface area contributed by atoms with E-state index in [1.165, 1.54) is 0 Å². The van der Waals surface area contributed by atoms with Gasteiger partial charge in [-0.25, -0.2) is 0 Å². The van der Waals surface area contributed by atoms with Crippen molar-refractivity contribution in [3.8, 4) is 0 Å². The predicted molar refractivity (Wildman–Crippen MR) is 107 cm³/mol. The second-order valence-corrected chi connectivity index (χ2v) is 21.1. The maximum atomic E-state index is 15.1. The SMILES string of the molecule is CC[C](C(=O)O)(C(F)(F)F)[Zr]([C](CC)(C(=O)O)C(F)(F)F)([C](CC)(C(=O)O)C(F)(F)F)[C](CC)(C(=O)O)C(F)(F)F. The zero-order valence-electron chi connectivity index (χ0n) is 21.3. The molecule has 0 saturated heterocycles. The standard InChI is InChI=1S/4C5H6F3O2.Zr/c4*1-2-3(4(9)10)5(6,7)8;/h4*2H2,1H3,(H,9,10);. The number of hydrogen-bond acceptors (Lipinski definition) is 4. The van der Waals surface area contributed by atoms with E-state index >= 15 is 52.7 Å². The summed E-state index contributed by atoms with van der Waals surface area (Å²) >= 11 is -11.0. The summed E-state index contributed by atoms with van der Waals surface area (Å²) in [4.78, 5) is 50.1. The van der Waals surface area contributed by atoms with Crippen LogP contribution >= 0.6 is 0 Å². The Hall–Kier alpha value is -2.08. The number of alkyl halides is 12. The van der Waals surface area contributed by atoms with Crippen molar-refractivity contribution in [2.24, 2.45) is 0 Å². The molecule has 0 fully saturated rings. The zero-order chi connectivity index (χ0) is 33.6. The van der Waals surface area contributed by atoms with Crippen LogP contribution in [0.15, 0.2) is 0 Å². The summed E-state index contributed by atoms with van der Waals surface area (Å²) in [7, 11) is 0. The molecule has 0 aromatic rings. The molecule has 4 unspecified atom stereocenters. The van der Waals surface area contributed by atoms with Crippen LogP contribution < -0.4 is 0 Å². The fraction of sp³-hybridized carbons (Fsp3) is 0.800. The van der Waals surface area contributed by atoms with Crippen molar-refractivity contribution in [3.63, 3.8) is 0 Å². The van der Waals surface area contributed by atoms with Gasteiger partial charge in [-0.1, -0.05) is 0 Å². The van der Waals surface area contributed by atoms with Crippen LogP contribution in [0.3, 0.4) is 0 Å². The predicted octanol–water partition coefficient (Wildman–Crippen LogP) is 7.00. The Labute approximate surface area is 227 Å². The van der Waals surface area contributed by atoms with Crippen molar-refractivity contribution in [1.29, 1.82) is 0 Å². The fourth-order valence-corrected chi connectivity index (χ4v) is 29.9. The molecule has 8 nitrogen and oxygen atoms in total. The van der Waals surface area contributed by atoms with Gasteiger partial charge in [0.15, 0.2) is 0 Å². The third kappa shape index (κ3) is 4.36. The Morgan fingerprint density at radius 2 is 0.537 bits per heavy atom. The summed E-state index contributed by atoms with van der Waals surface area (Å²) in [5.41, 5.74) is 0. The Morgan fingerprint density at radius 1 is 0.415 bits per heavy atom. The van der Waals surface area contributed by atoms with Gasteiger partial charge >= 0.3 is 227 Å². The summed E-state index contributed by atoms with van der Waals surface area (Å²) in [6, 6.07) is 0. The van der Waals surface area contributed by atoms with E-state index in [1.54, 1.807) is 0 Å². The number of hydrogen-bond donors (Lipinski definition) is 4. The maximum absolute atomic E-state index is 15.1. The van der Waals surface area contributed by atoms with Gasteiger partial charge < -0.3 is 0 Å². The number of carboxylic acid groups (broad SMARTS) is 4. The molecule has 0 aliphatic carbocycles. The molecule has 0 aromatic carbocycles. The summed E-state index contributed by atoms with van der Waals surface area (Å²) in [6.45, 7) is -0.543. The van der Waals surface area contributed by atoms with E-state index in [0.717, 1.165) is 0 Å². The molecular weight excluding hydrogens is 687 g/mol. The van der Waals surface area contributed by atoms with Gasteiger partial charge in [0, 0.05) is 0 Å². The Bertz CT molecular complexity index is 887. The number of rotatable bonds is 12. The molecular formula is C20H24F12O8Zr. The molecule has 0 aliphatic heterocycles. The minimum absolute atomic E-state index is 0.136. The Balaban J connectivity index is 10.7. The van der Waals surface area contributed by atoms with Gasteiger partial charge in [0.25, 0.3) is 0 Å². The third-order valence-electron chi connectivity index (χ3n) is 8.08. The van der Waals surface area contributed by atoms with E-state index in [4.69, 9.17) is 0 Å². The van der Waals surface area contributed by atoms with Crippen molar-refractivity contribution < 1.29 is 113 Å². The van der Waals surface area contributed by atoms with Crippen LogP contribution in [0.5, 0.6) is 0 Å². The first-order valence-corrected chi connectivity index (χ1v) is 16.1. The number of halogens is 12. The first-order valence-electron chi connectivity index (χ1n) is 11.2. The van der Waals surface area contributed by atoms with E-state index in [-0.39, 0.29) is 27.7 Å². The average molecular weight is 712 g/mol. The second kappa shape index (κ2) is 11.2.